The number of nitrogens with zero attached hydrogens (tertiary/aromatic N) is 5. The number of nitrogens with one attached hydrogen (secondary N) is 1. The van der Waals surface area contributed by atoms with E-state index in [4.69, 9.17) is 0 Å². The van der Waals surface area contributed by atoms with Crippen molar-refractivity contribution < 1.29 is 4.79 Å². The molecule has 1 aromatic heterocycles. The Balaban J connectivity index is 1.65. The second kappa shape index (κ2) is 5.88. The third kappa shape index (κ3) is 2.69. The summed E-state index contributed by atoms with van der Waals surface area (Å²) in [6.45, 7) is 5.14. The van der Waals surface area contributed by atoms with E-state index in [0.717, 1.165) is 51.4 Å². The Morgan fingerprint density at radius 1 is 1.40 bits per heavy atom. The Bertz CT molecular complexity index is 467. The number of carbonyl (C=O) groups excluding carboxylic acids is 1. The highest BCUT2D eigenvalue weighted by molar-refractivity contribution is 5.82. The smallest absolute Gasteiger partial charge is 0.240 e. The van der Waals surface area contributed by atoms with E-state index in [1.165, 1.54) is 0 Å². The number of carbonyl (C=O) groups is 1. The van der Waals surface area contributed by atoms with Crippen LogP contribution >= 0.6 is 0 Å². The van der Waals surface area contributed by atoms with Crippen LogP contribution in [0.15, 0.2) is 6.33 Å². The maximum atomic E-state index is 12.6. The Hall–Kier alpha value is -1.47. The lowest BCUT2D eigenvalue weighted by atomic mass is 10.1. The topological polar surface area (TPSA) is 66.3 Å². The first-order valence-electron chi connectivity index (χ1n) is 7.32. The summed E-state index contributed by atoms with van der Waals surface area (Å²) < 4.78 is 1.92. The number of aromatic nitrogens is 3. The van der Waals surface area contributed by atoms with Gasteiger partial charge in [0.25, 0.3) is 0 Å². The van der Waals surface area contributed by atoms with Crippen molar-refractivity contribution >= 4 is 5.91 Å². The standard InChI is InChI=1S/C13H22N6O/c1-17-10-15-16-12(17)9-19-6-2-3-11(19)13(20)18-7-4-14-5-8-18/h10-11,14H,2-9H2,1H3. The normalized spacial score (nSPS) is 24.2. The summed E-state index contributed by atoms with van der Waals surface area (Å²) in [5, 5.41) is 11.3. The summed E-state index contributed by atoms with van der Waals surface area (Å²) in [5.74, 6) is 1.20. The van der Waals surface area contributed by atoms with Crippen molar-refractivity contribution in [3.8, 4) is 0 Å². The SMILES string of the molecule is Cn1cnnc1CN1CCCC1C(=O)N1CCNCC1. The highest BCUT2D eigenvalue weighted by Crippen LogP contribution is 2.21. The van der Waals surface area contributed by atoms with Crippen LogP contribution in [0.1, 0.15) is 18.7 Å². The molecule has 20 heavy (non-hydrogen) atoms. The van der Waals surface area contributed by atoms with Crippen molar-refractivity contribution in [1.29, 1.82) is 0 Å². The van der Waals surface area contributed by atoms with Crippen molar-refractivity contribution in [2.24, 2.45) is 7.05 Å². The van der Waals surface area contributed by atoms with E-state index in [-0.39, 0.29) is 11.9 Å². The first-order valence-corrected chi connectivity index (χ1v) is 7.32. The summed E-state index contributed by atoms with van der Waals surface area (Å²) in [6, 6.07) is 0.0183. The van der Waals surface area contributed by atoms with Gasteiger partial charge >= 0.3 is 0 Å². The molecule has 1 atom stereocenters. The molecule has 0 aromatic carbocycles. The van der Waals surface area contributed by atoms with Gasteiger partial charge in [-0.15, -0.1) is 10.2 Å². The minimum absolute atomic E-state index is 0.0183. The van der Waals surface area contributed by atoms with Crippen LogP contribution in [0.5, 0.6) is 0 Å². The fraction of sp³-hybridized carbons (Fsp3) is 0.769. The van der Waals surface area contributed by atoms with Gasteiger partial charge in [0.15, 0.2) is 0 Å². The molecule has 0 aliphatic carbocycles. The molecule has 0 spiro atoms. The average Bonchev–Trinajstić information content (AvgIpc) is 3.09. The van der Waals surface area contributed by atoms with Gasteiger partial charge < -0.3 is 14.8 Å². The molecule has 2 aliphatic rings. The molecular weight excluding hydrogens is 256 g/mol. The molecule has 3 rings (SSSR count). The van der Waals surface area contributed by atoms with E-state index in [1.54, 1.807) is 6.33 Å². The van der Waals surface area contributed by atoms with Gasteiger partial charge in [-0.3, -0.25) is 9.69 Å². The molecule has 7 heteroatoms. The van der Waals surface area contributed by atoms with Gasteiger partial charge in [0.05, 0.1) is 12.6 Å². The Labute approximate surface area is 118 Å². The quantitative estimate of drug-likeness (QED) is 0.785. The summed E-state index contributed by atoms with van der Waals surface area (Å²) >= 11 is 0. The second-order valence-corrected chi connectivity index (χ2v) is 5.56. The van der Waals surface area contributed by atoms with Crippen molar-refractivity contribution in [3.05, 3.63) is 12.2 Å². The highest BCUT2D eigenvalue weighted by atomic mass is 16.2. The molecule has 0 radical (unpaired) electrons. The van der Waals surface area contributed by atoms with Gasteiger partial charge in [0, 0.05) is 33.2 Å². The second-order valence-electron chi connectivity index (χ2n) is 5.56. The van der Waals surface area contributed by atoms with Crippen molar-refractivity contribution in [3.63, 3.8) is 0 Å². The molecule has 7 nitrogen and oxygen atoms in total. The van der Waals surface area contributed by atoms with Crippen molar-refractivity contribution in [2.45, 2.75) is 25.4 Å². The summed E-state index contributed by atoms with van der Waals surface area (Å²) in [5.41, 5.74) is 0. The molecule has 1 N–H and O–H groups in total. The molecule has 1 unspecified atom stereocenters. The summed E-state index contributed by atoms with van der Waals surface area (Å²) in [4.78, 5) is 16.9. The first kappa shape index (κ1) is 13.5. The summed E-state index contributed by atoms with van der Waals surface area (Å²) in [7, 11) is 1.94. The number of aryl methyl sites for hydroxylation is 1. The lowest BCUT2D eigenvalue weighted by molar-refractivity contribution is -0.136. The Morgan fingerprint density at radius 3 is 2.90 bits per heavy atom. The van der Waals surface area contributed by atoms with Gasteiger partial charge in [-0.05, 0) is 19.4 Å². The fourth-order valence-electron chi connectivity index (χ4n) is 3.02. The van der Waals surface area contributed by atoms with Crippen LogP contribution in [0.25, 0.3) is 0 Å². The van der Waals surface area contributed by atoms with Gasteiger partial charge in [-0.2, -0.15) is 0 Å². The van der Waals surface area contributed by atoms with E-state index in [0.29, 0.717) is 6.54 Å². The van der Waals surface area contributed by atoms with Crippen LogP contribution in [-0.4, -0.2) is 69.2 Å². The zero-order valence-electron chi connectivity index (χ0n) is 12.0. The van der Waals surface area contributed by atoms with Gasteiger partial charge in [-0.25, -0.2) is 0 Å². The molecule has 1 amide bonds. The van der Waals surface area contributed by atoms with Gasteiger partial charge in [-0.1, -0.05) is 0 Å². The predicted molar refractivity (Wildman–Crippen MR) is 73.9 cm³/mol. The number of hydrogen-bond donors (Lipinski definition) is 1. The predicted octanol–water partition coefficient (Wildman–Crippen LogP) is -0.789. The largest absolute Gasteiger partial charge is 0.339 e. The first-order chi connectivity index (χ1) is 9.75. The molecule has 2 saturated heterocycles. The van der Waals surface area contributed by atoms with Crippen LogP contribution in [-0.2, 0) is 18.4 Å². The molecule has 2 aliphatic heterocycles. The van der Waals surface area contributed by atoms with Crippen LogP contribution in [0.3, 0.4) is 0 Å². The number of likely N-dealkylation sites (tertiary alicyclic amines) is 1. The van der Waals surface area contributed by atoms with Crippen LogP contribution < -0.4 is 5.32 Å². The number of amides is 1. The molecule has 0 saturated carbocycles. The van der Waals surface area contributed by atoms with E-state index < -0.39 is 0 Å². The number of rotatable bonds is 3. The zero-order chi connectivity index (χ0) is 13.9. The monoisotopic (exact) mass is 278 g/mol. The fourth-order valence-corrected chi connectivity index (χ4v) is 3.02. The highest BCUT2D eigenvalue weighted by Gasteiger charge is 2.34. The van der Waals surface area contributed by atoms with Crippen LogP contribution in [0.2, 0.25) is 0 Å². The Kier molecular flexibility index (Phi) is 3.98. The molecule has 0 bridgehead atoms. The van der Waals surface area contributed by atoms with E-state index in [1.807, 2.05) is 16.5 Å². The third-order valence-electron chi connectivity index (χ3n) is 4.23. The lowest BCUT2D eigenvalue weighted by Crippen LogP contribution is -2.52. The minimum Gasteiger partial charge on any atom is -0.339 e. The zero-order valence-corrected chi connectivity index (χ0v) is 12.0. The maximum absolute atomic E-state index is 12.6. The number of piperazine rings is 1. The molecule has 110 valence electrons. The van der Waals surface area contributed by atoms with Crippen LogP contribution in [0.4, 0.5) is 0 Å². The van der Waals surface area contributed by atoms with Crippen LogP contribution in [0, 0.1) is 0 Å². The van der Waals surface area contributed by atoms with E-state index in [9.17, 15) is 4.79 Å². The maximum Gasteiger partial charge on any atom is 0.240 e. The van der Waals surface area contributed by atoms with Crippen molar-refractivity contribution in [1.82, 2.24) is 29.9 Å². The molecular formula is C13H22N6O. The number of hydrogen-bond acceptors (Lipinski definition) is 5. The average molecular weight is 278 g/mol. The molecule has 1 aromatic rings. The van der Waals surface area contributed by atoms with Gasteiger partial charge in [0.1, 0.15) is 12.2 Å². The third-order valence-corrected chi connectivity index (χ3v) is 4.23. The van der Waals surface area contributed by atoms with E-state index >= 15 is 0 Å². The molecule has 3 heterocycles. The van der Waals surface area contributed by atoms with Gasteiger partial charge in [0.2, 0.25) is 5.91 Å². The minimum atomic E-state index is 0.0183. The van der Waals surface area contributed by atoms with Crippen molar-refractivity contribution in [2.75, 3.05) is 32.7 Å². The summed E-state index contributed by atoms with van der Waals surface area (Å²) in [6.07, 6.45) is 3.75. The lowest BCUT2D eigenvalue weighted by Gasteiger charge is -2.32. The molecule has 2 fully saturated rings. The Morgan fingerprint density at radius 2 is 2.20 bits per heavy atom. The van der Waals surface area contributed by atoms with E-state index in [2.05, 4.69) is 20.4 Å².